The number of hydrogen-bond acceptors (Lipinski definition) is 4. The first-order valence-electron chi connectivity index (χ1n) is 8.12. The number of aliphatic hydroxyl groups is 1. The zero-order chi connectivity index (χ0) is 17.5. The Morgan fingerprint density at radius 2 is 2.17 bits per heavy atom. The van der Waals surface area contributed by atoms with Crippen molar-refractivity contribution in [1.29, 1.82) is 0 Å². The van der Waals surface area contributed by atoms with E-state index >= 15 is 0 Å². The van der Waals surface area contributed by atoms with Crippen molar-refractivity contribution in [3.63, 3.8) is 0 Å². The number of aliphatic hydroxyl groups excluding tert-OH is 1. The van der Waals surface area contributed by atoms with Crippen LogP contribution in [0, 0.1) is 12.8 Å². The number of carbonyl (C=O) groups is 1. The van der Waals surface area contributed by atoms with Gasteiger partial charge in [0.25, 0.3) is 0 Å². The van der Waals surface area contributed by atoms with Gasteiger partial charge in [-0.3, -0.25) is 10.3 Å². The van der Waals surface area contributed by atoms with Gasteiger partial charge in [0, 0.05) is 24.9 Å². The summed E-state index contributed by atoms with van der Waals surface area (Å²) >= 11 is 0. The molecule has 7 heteroatoms. The highest BCUT2D eigenvalue weighted by atomic mass is 16.3. The number of carbonyl (C=O) groups excluding carboxylic acids is 1. The van der Waals surface area contributed by atoms with E-state index in [1.807, 2.05) is 45.0 Å². The normalized spacial score (nSPS) is 12.2. The van der Waals surface area contributed by atoms with E-state index < -0.39 is 0 Å². The summed E-state index contributed by atoms with van der Waals surface area (Å²) in [5.41, 5.74) is 1.68. The van der Waals surface area contributed by atoms with Gasteiger partial charge in [0.15, 0.2) is 0 Å². The van der Waals surface area contributed by atoms with Gasteiger partial charge in [0.1, 0.15) is 5.82 Å². The molecule has 0 spiro atoms. The first-order valence-corrected chi connectivity index (χ1v) is 8.12. The van der Waals surface area contributed by atoms with Gasteiger partial charge in [-0.15, -0.1) is 0 Å². The van der Waals surface area contributed by atoms with Crippen LogP contribution in [0.2, 0.25) is 0 Å². The smallest absolute Gasteiger partial charge is 0.320 e. The van der Waals surface area contributed by atoms with Crippen molar-refractivity contribution < 1.29 is 9.90 Å². The molecular weight excluding hydrogens is 306 g/mol. The fraction of sp³-hybridized carbons (Fsp3) is 0.471. The number of nitrogens with one attached hydrogen (secondary N) is 2. The van der Waals surface area contributed by atoms with E-state index in [2.05, 4.69) is 20.7 Å². The molecule has 0 fully saturated rings. The Labute approximate surface area is 142 Å². The lowest BCUT2D eigenvalue weighted by atomic mass is 10.0. The molecule has 0 aliphatic carbocycles. The van der Waals surface area contributed by atoms with Crippen molar-refractivity contribution >= 4 is 11.8 Å². The van der Waals surface area contributed by atoms with Crippen LogP contribution in [0.1, 0.15) is 31.7 Å². The number of anilines is 1. The van der Waals surface area contributed by atoms with Crippen LogP contribution < -0.4 is 10.6 Å². The quantitative estimate of drug-likeness (QED) is 0.725. The van der Waals surface area contributed by atoms with Crippen molar-refractivity contribution in [1.82, 2.24) is 20.1 Å². The summed E-state index contributed by atoms with van der Waals surface area (Å²) in [4.78, 5) is 16.5. The molecule has 0 saturated carbocycles. The molecule has 2 rings (SSSR count). The summed E-state index contributed by atoms with van der Waals surface area (Å²) in [6.45, 7) is 6.42. The van der Waals surface area contributed by atoms with Gasteiger partial charge in [0.2, 0.25) is 0 Å². The van der Waals surface area contributed by atoms with Crippen molar-refractivity contribution in [3.05, 3.63) is 41.9 Å². The minimum absolute atomic E-state index is 0.0415. The molecule has 2 heterocycles. The summed E-state index contributed by atoms with van der Waals surface area (Å²) in [5, 5.41) is 19.2. The minimum atomic E-state index is -0.302. The van der Waals surface area contributed by atoms with Crippen LogP contribution >= 0.6 is 0 Å². The summed E-state index contributed by atoms with van der Waals surface area (Å²) < 4.78 is 1.72. The van der Waals surface area contributed by atoms with Crippen LogP contribution in [-0.4, -0.2) is 38.6 Å². The van der Waals surface area contributed by atoms with E-state index in [1.54, 1.807) is 10.9 Å². The van der Waals surface area contributed by atoms with Crippen LogP contribution in [-0.2, 0) is 6.54 Å². The molecule has 2 aromatic heterocycles. The van der Waals surface area contributed by atoms with Gasteiger partial charge in [-0.25, -0.2) is 9.48 Å². The minimum Gasteiger partial charge on any atom is -0.396 e. The number of urea groups is 1. The Morgan fingerprint density at radius 1 is 1.38 bits per heavy atom. The van der Waals surface area contributed by atoms with Crippen LogP contribution in [0.15, 0.2) is 30.5 Å². The monoisotopic (exact) mass is 331 g/mol. The second kappa shape index (κ2) is 8.44. The third kappa shape index (κ3) is 5.06. The standard InChI is InChI=1S/C17H25N5O2/c1-12(2)15(7-9-23)19-17(24)20-16-10-13(3)21-22(16)11-14-6-4-5-8-18-14/h4-6,8,10,12,15,23H,7,9,11H2,1-3H3,(H2,19,20,24). The van der Waals surface area contributed by atoms with E-state index in [-0.39, 0.29) is 24.6 Å². The summed E-state index contributed by atoms with van der Waals surface area (Å²) in [5.74, 6) is 0.852. The fourth-order valence-electron chi connectivity index (χ4n) is 2.44. The number of aryl methyl sites for hydroxylation is 1. The van der Waals surface area contributed by atoms with Crippen molar-refractivity contribution in [2.75, 3.05) is 11.9 Å². The molecule has 0 bridgehead atoms. The number of pyridine rings is 1. The number of amides is 2. The van der Waals surface area contributed by atoms with E-state index in [0.717, 1.165) is 11.4 Å². The lowest BCUT2D eigenvalue weighted by Crippen LogP contribution is -2.42. The predicted molar refractivity (Wildman–Crippen MR) is 92.8 cm³/mol. The van der Waals surface area contributed by atoms with Gasteiger partial charge in [-0.1, -0.05) is 19.9 Å². The fourth-order valence-corrected chi connectivity index (χ4v) is 2.44. The Morgan fingerprint density at radius 3 is 2.79 bits per heavy atom. The molecule has 1 unspecified atom stereocenters. The molecule has 0 aromatic carbocycles. The average molecular weight is 331 g/mol. The Hall–Kier alpha value is -2.41. The molecular formula is C17H25N5O2. The SMILES string of the molecule is Cc1cc(NC(=O)NC(CCO)C(C)C)n(Cc2ccccn2)n1. The first-order chi connectivity index (χ1) is 11.5. The third-order valence-electron chi connectivity index (χ3n) is 3.74. The second-order valence-corrected chi connectivity index (χ2v) is 6.11. The highest BCUT2D eigenvalue weighted by molar-refractivity contribution is 5.88. The van der Waals surface area contributed by atoms with E-state index in [1.165, 1.54) is 0 Å². The molecule has 1 atom stereocenters. The summed E-state index contributed by atoms with van der Waals surface area (Å²) in [7, 11) is 0. The first kappa shape index (κ1) is 17.9. The number of aromatic nitrogens is 3. The maximum Gasteiger partial charge on any atom is 0.320 e. The Bertz CT molecular complexity index is 654. The molecule has 2 aromatic rings. The molecule has 2 amide bonds. The van der Waals surface area contributed by atoms with Crippen molar-refractivity contribution in [2.24, 2.45) is 5.92 Å². The van der Waals surface area contributed by atoms with Crippen molar-refractivity contribution in [3.8, 4) is 0 Å². The Balaban J connectivity index is 2.05. The molecule has 7 nitrogen and oxygen atoms in total. The number of rotatable bonds is 7. The maximum absolute atomic E-state index is 12.3. The summed E-state index contributed by atoms with van der Waals surface area (Å²) in [6, 6.07) is 7.13. The third-order valence-corrected chi connectivity index (χ3v) is 3.74. The second-order valence-electron chi connectivity index (χ2n) is 6.11. The van der Waals surface area contributed by atoms with Gasteiger partial charge in [-0.2, -0.15) is 5.10 Å². The average Bonchev–Trinajstić information content (AvgIpc) is 2.87. The Kier molecular flexibility index (Phi) is 6.31. The van der Waals surface area contributed by atoms with E-state index in [9.17, 15) is 4.79 Å². The van der Waals surface area contributed by atoms with Gasteiger partial charge >= 0.3 is 6.03 Å². The van der Waals surface area contributed by atoms with Gasteiger partial charge in [-0.05, 0) is 31.4 Å². The van der Waals surface area contributed by atoms with Gasteiger partial charge in [0.05, 0.1) is 17.9 Å². The molecule has 0 saturated heterocycles. The highest BCUT2D eigenvalue weighted by Crippen LogP contribution is 2.13. The maximum atomic E-state index is 12.3. The zero-order valence-electron chi connectivity index (χ0n) is 14.4. The van der Waals surface area contributed by atoms with E-state index in [0.29, 0.717) is 18.8 Å². The molecule has 130 valence electrons. The number of nitrogens with zero attached hydrogens (tertiary/aromatic N) is 3. The highest BCUT2D eigenvalue weighted by Gasteiger charge is 2.17. The van der Waals surface area contributed by atoms with Gasteiger partial charge < -0.3 is 10.4 Å². The number of hydrogen-bond donors (Lipinski definition) is 3. The van der Waals surface area contributed by atoms with Crippen LogP contribution in [0.4, 0.5) is 10.6 Å². The van der Waals surface area contributed by atoms with Crippen LogP contribution in [0.3, 0.4) is 0 Å². The molecule has 3 N–H and O–H groups in total. The van der Waals surface area contributed by atoms with Crippen molar-refractivity contribution in [2.45, 2.75) is 39.8 Å². The van der Waals surface area contributed by atoms with Crippen LogP contribution in [0.5, 0.6) is 0 Å². The largest absolute Gasteiger partial charge is 0.396 e. The lowest BCUT2D eigenvalue weighted by molar-refractivity contribution is 0.227. The lowest BCUT2D eigenvalue weighted by Gasteiger charge is -2.21. The molecule has 0 aliphatic heterocycles. The van der Waals surface area contributed by atoms with E-state index in [4.69, 9.17) is 5.11 Å². The predicted octanol–water partition coefficient (Wildman–Crippen LogP) is 2.16. The van der Waals surface area contributed by atoms with Crippen LogP contribution in [0.25, 0.3) is 0 Å². The molecule has 0 radical (unpaired) electrons. The molecule has 24 heavy (non-hydrogen) atoms. The topological polar surface area (TPSA) is 92.1 Å². The zero-order valence-corrected chi connectivity index (χ0v) is 14.4. The molecule has 0 aliphatic rings. The summed E-state index contributed by atoms with van der Waals surface area (Å²) in [6.07, 6.45) is 2.25.